The van der Waals surface area contributed by atoms with Crippen LogP contribution in [-0.2, 0) is 6.18 Å². The summed E-state index contributed by atoms with van der Waals surface area (Å²) in [5.74, 6) is 0. The van der Waals surface area contributed by atoms with E-state index in [1.807, 2.05) is 0 Å². The van der Waals surface area contributed by atoms with Gasteiger partial charge in [-0.2, -0.15) is 13.2 Å². The van der Waals surface area contributed by atoms with E-state index in [2.05, 4.69) is 9.40 Å². The van der Waals surface area contributed by atoms with Crippen LogP contribution in [0.4, 0.5) is 18.9 Å². The fraction of sp³-hybridized carbons (Fsp3) is 0.125. The highest BCUT2D eigenvalue weighted by Gasteiger charge is 2.34. The van der Waals surface area contributed by atoms with E-state index in [1.54, 1.807) is 0 Å². The SMILES string of the molecule is Nc1cc(C(F)(F)F)c2ocnc2c1. The molecule has 0 saturated carbocycles. The Bertz CT molecular complexity index is 475. The van der Waals surface area contributed by atoms with Crippen LogP contribution in [0.5, 0.6) is 0 Å². The van der Waals surface area contributed by atoms with Crippen molar-refractivity contribution in [2.75, 3.05) is 5.73 Å². The molecule has 0 bridgehead atoms. The van der Waals surface area contributed by atoms with Gasteiger partial charge in [0, 0.05) is 5.69 Å². The lowest BCUT2D eigenvalue weighted by Crippen LogP contribution is -2.06. The van der Waals surface area contributed by atoms with E-state index in [0.717, 1.165) is 12.5 Å². The number of nitrogen functional groups attached to an aromatic ring is 1. The smallest absolute Gasteiger partial charge is 0.420 e. The fourth-order valence-corrected chi connectivity index (χ4v) is 1.20. The molecule has 3 nitrogen and oxygen atoms in total. The Labute approximate surface area is 76.3 Å². The summed E-state index contributed by atoms with van der Waals surface area (Å²) in [5, 5.41) is 0. The molecule has 74 valence electrons. The highest BCUT2D eigenvalue weighted by molar-refractivity contribution is 5.80. The van der Waals surface area contributed by atoms with Crippen molar-refractivity contribution < 1.29 is 17.6 Å². The molecule has 1 aromatic heterocycles. The zero-order chi connectivity index (χ0) is 10.3. The molecular formula is C8H5F3N2O. The Morgan fingerprint density at radius 1 is 1.29 bits per heavy atom. The van der Waals surface area contributed by atoms with Gasteiger partial charge in [-0.15, -0.1) is 0 Å². The Morgan fingerprint density at radius 2 is 2.00 bits per heavy atom. The third-order valence-electron chi connectivity index (χ3n) is 1.76. The van der Waals surface area contributed by atoms with Crippen LogP contribution in [-0.4, -0.2) is 4.98 Å². The minimum Gasteiger partial charge on any atom is -0.443 e. The number of nitrogens with two attached hydrogens (primary N) is 1. The average molecular weight is 202 g/mol. The number of aromatic nitrogens is 1. The van der Waals surface area contributed by atoms with Crippen molar-refractivity contribution in [2.45, 2.75) is 6.18 Å². The maximum Gasteiger partial charge on any atom is 0.420 e. The van der Waals surface area contributed by atoms with Crippen molar-refractivity contribution in [3.63, 3.8) is 0 Å². The molecule has 2 rings (SSSR count). The highest BCUT2D eigenvalue weighted by Crippen LogP contribution is 2.35. The first kappa shape index (κ1) is 8.86. The highest BCUT2D eigenvalue weighted by atomic mass is 19.4. The number of benzene rings is 1. The summed E-state index contributed by atoms with van der Waals surface area (Å²) in [6.07, 6.45) is -3.52. The Balaban J connectivity index is 2.80. The topological polar surface area (TPSA) is 52.0 Å². The van der Waals surface area contributed by atoms with Gasteiger partial charge in [-0.25, -0.2) is 4.98 Å². The number of rotatable bonds is 0. The third-order valence-corrected chi connectivity index (χ3v) is 1.76. The minimum atomic E-state index is -4.48. The molecule has 1 heterocycles. The summed E-state index contributed by atoms with van der Waals surface area (Å²) in [5.41, 5.74) is 4.24. The van der Waals surface area contributed by atoms with Crippen molar-refractivity contribution in [3.8, 4) is 0 Å². The van der Waals surface area contributed by atoms with E-state index < -0.39 is 11.7 Å². The van der Waals surface area contributed by atoms with Crippen LogP contribution in [0.1, 0.15) is 5.56 Å². The molecule has 0 fully saturated rings. The monoisotopic (exact) mass is 202 g/mol. The minimum absolute atomic E-state index is 0.0127. The Morgan fingerprint density at radius 3 is 2.64 bits per heavy atom. The van der Waals surface area contributed by atoms with Crippen molar-refractivity contribution in [1.29, 1.82) is 0 Å². The Kier molecular flexibility index (Phi) is 1.67. The number of anilines is 1. The number of oxazole rings is 1. The number of alkyl halides is 3. The summed E-state index contributed by atoms with van der Waals surface area (Å²) in [4.78, 5) is 3.61. The molecule has 14 heavy (non-hydrogen) atoms. The van der Waals surface area contributed by atoms with E-state index >= 15 is 0 Å². The molecular weight excluding hydrogens is 197 g/mol. The molecule has 2 N–H and O–H groups in total. The van der Waals surface area contributed by atoms with Crippen LogP contribution >= 0.6 is 0 Å². The van der Waals surface area contributed by atoms with Gasteiger partial charge in [-0.1, -0.05) is 0 Å². The van der Waals surface area contributed by atoms with Crippen molar-refractivity contribution >= 4 is 16.8 Å². The number of hydrogen-bond acceptors (Lipinski definition) is 3. The summed E-state index contributed by atoms with van der Waals surface area (Å²) in [7, 11) is 0. The second-order valence-corrected chi connectivity index (χ2v) is 2.77. The molecule has 2 aromatic rings. The van der Waals surface area contributed by atoms with Gasteiger partial charge in [0.05, 0.1) is 0 Å². The third kappa shape index (κ3) is 1.28. The van der Waals surface area contributed by atoms with Gasteiger partial charge in [0.1, 0.15) is 11.1 Å². The molecule has 0 saturated heterocycles. The molecule has 0 aliphatic carbocycles. The first-order valence-electron chi connectivity index (χ1n) is 3.68. The van der Waals surface area contributed by atoms with Gasteiger partial charge in [0.15, 0.2) is 12.0 Å². The second kappa shape index (κ2) is 2.63. The standard InChI is InChI=1S/C8H5F3N2O/c9-8(10,11)5-1-4(12)2-6-7(5)14-3-13-6/h1-3H,12H2. The predicted octanol–water partition coefficient (Wildman–Crippen LogP) is 2.43. The molecule has 0 radical (unpaired) electrons. The summed E-state index contributed by atoms with van der Waals surface area (Å²) in [6, 6.07) is 2.15. The number of halogens is 3. The van der Waals surface area contributed by atoms with Gasteiger partial charge in [0.2, 0.25) is 0 Å². The molecule has 0 spiro atoms. The number of fused-ring (bicyclic) bond motifs is 1. The van der Waals surface area contributed by atoms with E-state index in [9.17, 15) is 13.2 Å². The van der Waals surface area contributed by atoms with Gasteiger partial charge >= 0.3 is 6.18 Å². The van der Waals surface area contributed by atoms with E-state index in [0.29, 0.717) is 0 Å². The molecule has 1 aromatic carbocycles. The van der Waals surface area contributed by atoms with Gasteiger partial charge in [0.25, 0.3) is 0 Å². The average Bonchev–Trinajstić information content (AvgIpc) is 2.47. The summed E-state index contributed by atoms with van der Waals surface area (Å²) >= 11 is 0. The van der Waals surface area contributed by atoms with Gasteiger partial charge in [-0.05, 0) is 12.1 Å². The van der Waals surface area contributed by atoms with E-state index in [1.165, 1.54) is 6.07 Å². The van der Waals surface area contributed by atoms with Crippen LogP contribution in [0.2, 0.25) is 0 Å². The molecule has 6 heteroatoms. The van der Waals surface area contributed by atoms with Gasteiger partial charge in [-0.3, -0.25) is 0 Å². The zero-order valence-electron chi connectivity index (χ0n) is 6.80. The van der Waals surface area contributed by atoms with Crippen LogP contribution < -0.4 is 5.73 Å². The number of hydrogen-bond donors (Lipinski definition) is 1. The molecule has 0 aliphatic heterocycles. The lowest BCUT2D eigenvalue weighted by atomic mass is 10.1. The summed E-state index contributed by atoms with van der Waals surface area (Å²) < 4.78 is 41.9. The van der Waals surface area contributed by atoms with Crippen molar-refractivity contribution in [3.05, 3.63) is 24.1 Å². The molecule has 0 atom stereocenters. The maximum atomic E-state index is 12.4. The molecule has 0 amide bonds. The Hall–Kier alpha value is -1.72. The summed E-state index contributed by atoms with van der Waals surface area (Å²) in [6.45, 7) is 0. The number of nitrogens with zero attached hydrogens (tertiary/aromatic N) is 1. The van der Waals surface area contributed by atoms with Crippen molar-refractivity contribution in [2.24, 2.45) is 0 Å². The van der Waals surface area contributed by atoms with Crippen molar-refractivity contribution in [1.82, 2.24) is 4.98 Å². The van der Waals surface area contributed by atoms with Crippen LogP contribution in [0.3, 0.4) is 0 Å². The first-order valence-corrected chi connectivity index (χ1v) is 3.68. The van der Waals surface area contributed by atoms with Crippen LogP contribution in [0, 0.1) is 0 Å². The molecule has 0 unspecified atom stereocenters. The first-order chi connectivity index (χ1) is 6.48. The lowest BCUT2D eigenvalue weighted by Gasteiger charge is -2.06. The maximum absolute atomic E-state index is 12.4. The zero-order valence-corrected chi connectivity index (χ0v) is 6.80. The van der Waals surface area contributed by atoms with Crippen LogP contribution in [0.25, 0.3) is 11.1 Å². The largest absolute Gasteiger partial charge is 0.443 e. The lowest BCUT2D eigenvalue weighted by molar-refractivity contribution is -0.136. The second-order valence-electron chi connectivity index (χ2n) is 2.77. The van der Waals surface area contributed by atoms with E-state index in [-0.39, 0.29) is 16.8 Å². The van der Waals surface area contributed by atoms with Gasteiger partial charge < -0.3 is 10.2 Å². The fourth-order valence-electron chi connectivity index (χ4n) is 1.20. The van der Waals surface area contributed by atoms with E-state index in [4.69, 9.17) is 5.73 Å². The predicted molar refractivity (Wildman–Crippen MR) is 43.4 cm³/mol. The molecule has 0 aliphatic rings. The van der Waals surface area contributed by atoms with Crippen LogP contribution in [0.15, 0.2) is 22.9 Å². The normalized spacial score (nSPS) is 12.2. The quantitative estimate of drug-likeness (QED) is 0.667.